The molecule has 0 aliphatic carbocycles. The molecule has 0 amide bonds. The molecule has 0 atom stereocenters. The molecule has 0 bridgehead atoms. The molecule has 0 N–H and O–H groups in total. The summed E-state index contributed by atoms with van der Waals surface area (Å²) in [5.41, 5.74) is 1.72. The van der Waals surface area contributed by atoms with E-state index in [1.807, 2.05) is 30.3 Å². The standard InChI is InChI=1S/C22H23NO5S/c1-27-11-5-8-20(24)18-9-10-21(28-2)22(13-18)29(25,26)15-16-12-17-6-3-4-7-19(17)23-14-16/h3-4,6-7,9-10,12-14H,5,8,11,15H2,1-2H3. The second kappa shape index (κ2) is 9.15. The van der Waals surface area contributed by atoms with Gasteiger partial charge in [0.25, 0.3) is 0 Å². The zero-order chi connectivity index (χ0) is 20.9. The van der Waals surface area contributed by atoms with Gasteiger partial charge in [0.15, 0.2) is 15.6 Å². The summed E-state index contributed by atoms with van der Waals surface area (Å²) in [6, 6.07) is 13.8. The number of ether oxygens (including phenoxy) is 2. The van der Waals surface area contributed by atoms with Gasteiger partial charge in [-0.1, -0.05) is 18.2 Å². The first kappa shape index (κ1) is 21.0. The van der Waals surface area contributed by atoms with Gasteiger partial charge >= 0.3 is 0 Å². The van der Waals surface area contributed by atoms with Crippen molar-refractivity contribution in [3.8, 4) is 5.75 Å². The molecule has 1 aromatic heterocycles. The smallest absolute Gasteiger partial charge is 0.186 e. The van der Waals surface area contributed by atoms with E-state index in [2.05, 4.69) is 4.98 Å². The van der Waals surface area contributed by atoms with Crippen LogP contribution in [-0.4, -0.2) is 40.0 Å². The van der Waals surface area contributed by atoms with Gasteiger partial charge in [0.1, 0.15) is 10.6 Å². The Hall–Kier alpha value is -2.77. The molecule has 0 unspecified atom stereocenters. The van der Waals surface area contributed by atoms with E-state index in [1.165, 1.54) is 19.2 Å². The lowest BCUT2D eigenvalue weighted by atomic mass is 10.1. The van der Waals surface area contributed by atoms with Crippen LogP contribution in [-0.2, 0) is 20.3 Å². The third-order valence-electron chi connectivity index (χ3n) is 4.58. The van der Waals surface area contributed by atoms with Crippen molar-refractivity contribution in [1.82, 2.24) is 4.98 Å². The third kappa shape index (κ3) is 4.99. The summed E-state index contributed by atoms with van der Waals surface area (Å²) < 4.78 is 36.4. The maximum absolute atomic E-state index is 13.1. The number of fused-ring (bicyclic) bond motifs is 1. The van der Waals surface area contributed by atoms with Gasteiger partial charge in [-0.3, -0.25) is 9.78 Å². The number of sulfone groups is 1. The van der Waals surface area contributed by atoms with E-state index in [4.69, 9.17) is 9.47 Å². The fourth-order valence-electron chi connectivity index (χ4n) is 3.11. The number of para-hydroxylation sites is 1. The number of pyridine rings is 1. The number of hydrogen-bond acceptors (Lipinski definition) is 6. The van der Waals surface area contributed by atoms with Crippen molar-refractivity contribution in [1.29, 1.82) is 0 Å². The Labute approximate surface area is 170 Å². The van der Waals surface area contributed by atoms with Crippen molar-refractivity contribution >= 4 is 26.5 Å². The lowest BCUT2D eigenvalue weighted by molar-refractivity contribution is 0.0963. The maximum atomic E-state index is 13.1. The van der Waals surface area contributed by atoms with E-state index in [1.54, 1.807) is 19.4 Å². The lowest BCUT2D eigenvalue weighted by Gasteiger charge is -2.12. The Morgan fingerprint density at radius 3 is 2.62 bits per heavy atom. The van der Waals surface area contributed by atoms with Crippen molar-refractivity contribution in [2.45, 2.75) is 23.5 Å². The molecule has 0 saturated carbocycles. The monoisotopic (exact) mass is 413 g/mol. The summed E-state index contributed by atoms with van der Waals surface area (Å²) in [4.78, 5) is 16.7. The van der Waals surface area contributed by atoms with Crippen LogP contribution in [0, 0.1) is 0 Å². The van der Waals surface area contributed by atoms with Crippen LogP contribution in [0.3, 0.4) is 0 Å². The van der Waals surface area contributed by atoms with E-state index < -0.39 is 9.84 Å². The number of hydrogen-bond donors (Lipinski definition) is 0. The average Bonchev–Trinajstić information content (AvgIpc) is 2.73. The zero-order valence-electron chi connectivity index (χ0n) is 16.4. The molecule has 3 rings (SSSR count). The highest BCUT2D eigenvalue weighted by Crippen LogP contribution is 2.29. The second-order valence-electron chi connectivity index (χ2n) is 6.68. The third-order valence-corrected chi connectivity index (χ3v) is 6.28. The van der Waals surface area contributed by atoms with Gasteiger partial charge in [0.2, 0.25) is 0 Å². The Kier molecular flexibility index (Phi) is 6.61. The molecule has 29 heavy (non-hydrogen) atoms. The first-order valence-electron chi connectivity index (χ1n) is 9.21. The van der Waals surface area contributed by atoms with Crippen LogP contribution in [0.1, 0.15) is 28.8 Å². The largest absolute Gasteiger partial charge is 0.495 e. The summed E-state index contributed by atoms with van der Waals surface area (Å²) >= 11 is 0. The zero-order valence-corrected chi connectivity index (χ0v) is 17.2. The summed E-state index contributed by atoms with van der Waals surface area (Å²) in [5.74, 6) is -0.150. The van der Waals surface area contributed by atoms with Gasteiger partial charge in [-0.15, -0.1) is 0 Å². The number of aromatic nitrogens is 1. The minimum absolute atomic E-state index is 0.00532. The highest BCUT2D eigenvalue weighted by molar-refractivity contribution is 7.90. The number of benzene rings is 2. The average molecular weight is 413 g/mol. The molecule has 7 heteroatoms. The highest BCUT2D eigenvalue weighted by atomic mass is 32.2. The van der Waals surface area contributed by atoms with Crippen LogP contribution >= 0.6 is 0 Å². The number of nitrogens with zero attached hydrogens (tertiary/aromatic N) is 1. The number of carbonyl (C=O) groups excluding carboxylic acids is 1. The molecule has 152 valence electrons. The number of carbonyl (C=O) groups is 1. The quantitative estimate of drug-likeness (QED) is 0.392. The number of Topliss-reactive ketones (excluding diaryl/α,β-unsaturated/α-hetero) is 1. The van der Waals surface area contributed by atoms with Gasteiger partial charge in [-0.25, -0.2) is 8.42 Å². The first-order chi connectivity index (χ1) is 13.9. The van der Waals surface area contributed by atoms with Crippen LogP contribution in [0.25, 0.3) is 10.9 Å². The Morgan fingerprint density at radius 2 is 1.86 bits per heavy atom. The number of ketones is 1. The Balaban J connectivity index is 1.91. The SMILES string of the molecule is COCCCC(=O)c1ccc(OC)c(S(=O)(=O)Cc2cnc3ccccc3c2)c1. The van der Waals surface area contributed by atoms with Crippen molar-refractivity contribution in [2.75, 3.05) is 20.8 Å². The van der Waals surface area contributed by atoms with Crippen LogP contribution in [0.5, 0.6) is 5.75 Å². The van der Waals surface area contributed by atoms with Gasteiger partial charge in [0.05, 0.1) is 18.4 Å². The summed E-state index contributed by atoms with van der Waals surface area (Å²) in [6.07, 6.45) is 2.42. The maximum Gasteiger partial charge on any atom is 0.186 e. The summed E-state index contributed by atoms with van der Waals surface area (Å²) in [7, 11) is -0.765. The molecule has 3 aromatic rings. The molecule has 0 aliphatic heterocycles. The Bertz CT molecular complexity index is 1130. The van der Waals surface area contributed by atoms with E-state index in [0.717, 1.165) is 10.9 Å². The summed E-state index contributed by atoms with van der Waals surface area (Å²) in [6.45, 7) is 0.474. The van der Waals surface area contributed by atoms with Gasteiger partial charge < -0.3 is 9.47 Å². The fourth-order valence-corrected chi connectivity index (χ4v) is 4.62. The Morgan fingerprint density at radius 1 is 1.07 bits per heavy atom. The van der Waals surface area contributed by atoms with Crippen LogP contribution in [0.4, 0.5) is 0 Å². The van der Waals surface area contributed by atoms with Crippen LogP contribution in [0.15, 0.2) is 59.6 Å². The number of rotatable bonds is 9. The molecule has 2 aromatic carbocycles. The van der Waals surface area contributed by atoms with E-state index in [-0.39, 0.29) is 28.6 Å². The minimum atomic E-state index is -3.75. The van der Waals surface area contributed by atoms with Crippen LogP contribution in [0.2, 0.25) is 0 Å². The summed E-state index contributed by atoms with van der Waals surface area (Å²) in [5, 5.41) is 0.870. The molecule has 1 heterocycles. The van der Waals surface area contributed by atoms with Gasteiger partial charge in [-0.2, -0.15) is 0 Å². The van der Waals surface area contributed by atoms with Crippen LogP contribution < -0.4 is 4.74 Å². The van der Waals surface area contributed by atoms with Gasteiger partial charge in [-0.05, 0) is 42.3 Å². The highest BCUT2D eigenvalue weighted by Gasteiger charge is 2.22. The normalized spacial score (nSPS) is 11.5. The molecule has 0 spiro atoms. The first-order valence-corrected chi connectivity index (χ1v) is 10.9. The molecular weight excluding hydrogens is 390 g/mol. The van der Waals surface area contributed by atoms with E-state index in [0.29, 0.717) is 24.2 Å². The predicted molar refractivity (Wildman–Crippen MR) is 111 cm³/mol. The molecule has 0 fully saturated rings. The van der Waals surface area contributed by atoms with Crippen molar-refractivity contribution in [2.24, 2.45) is 0 Å². The molecule has 0 saturated heterocycles. The lowest BCUT2D eigenvalue weighted by Crippen LogP contribution is -2.09. The molecular formula is C22H23NO5S. The van der Waals surface area contributed by atoms with E-state index in [9.17, 15) is 13.2 Å². The van der Waals surface area contributed by atoms with Crippen molar-refractivity contribution in [3.05, 3.63) is 65.9 Å². The van der Waals surface area contributed by atoms with Crippen molar-refractivity contribution in [3.63, 3.8) is 0 Å². The minimum Gasteiger partial charge on any atom is -0.495 e. The van der Waals surface area contributed by atoms with E-state index >= 15 is 0 Å². The predicted octanol–water partition coefficient (Wildman–Crippen LogP) is 3.83. The number of methoxy groups -OCH3 is 2. The molecule has 6 nitrogen and oxygen atoms in total. The topological polar surface area (TPSA) is 82.6 Å². The molecule has 0 radical (unpaired) electrons. The molecule has 0 aliphatic rings. The fraction of sp³-hybridized carbons (Fsp3) is 0.273. The second-order valence-corrected chi connectivity index (χ2v) is 8.64. The van der Waals surface area contributed by atoms with Gasteiger partial charge in [0, 0.05) is 37.3 Å². The van der Waals surface area contributed by atoms with Crippen molar-refractivity contribution < 1.29 is 22.7 Å².